The van der Waals surface area contributed by atoms with Gasteiger partial charge in [0.2, 0.25) is 0 Å². The molecule has 112 valence electrons. The summed E-state index contributed by atoms with van der Waals surface area (Å²) in [6, 6.07) is 13.4. The Bertz CT molecular complexity index is 596. The van der Waals surface area contributed by atoms with Gasteiger partial charge in [0.25, 0.3) is 0 Å². The van der Waals surface area contributed by atoms with Crippen LogP contribution in [0.25, 0.3) is 0 Å². The quantitative estimate of drug-likeness (QED) is 0.881. The van der Waals surface area contributed by atoms with E-state index in [1.165, 1.54) is 17.3 Å². The number of anilines is 1. The number of hydrogen-bond donors (Lipinski definition) is 1. The van der Waals surface area contributed by atoms with Crippen LogP contribution in [0.2, 0.25) is 5.02 Å². The Morgan fingerprint density at radius 2 is 1.81 bits per heavy atom. The van der Waals surface area contributed by atoms with Gasteiger partial charge in [-0.15, -0.1) is 0 Å². The summed E-state index contributed by atoms with van der Waals surface area (Å²) < 4.78 is 13.1. The number of rotatable bonds is 5. The number of benzene rings is 2. The van der Waals surface area contributed by atoms with Gasteiger partial charge in [0.15, 0.2) is 0 Å². The largest absolute Gasteiger partial charge is 0.378 e. The van der Waals surface area contributed by atoms with E-state index in [1.807, 2.05) is 14.1 Å². The Hall–Kier alpha value is -1.58. The number of halogens is 2. The second-order valence-electron chi connectivity index (χ2n) is 5.34. The first kappa shape index (κ1) is 15.8. The molecule has 2 nitrogen and oxygen atoms in total. The van der Waals surface area contributed by atoms with Gasteiger partial charge in [-0.05, 0) is 42.3 Å². The zero-order valence-electron chi connectivity index (χ0n) is 12.5. The molecule has 1 N–H and O–H groups in total. The minimum atomic E-state index is -0.382. The molecule has 2 rings (SSSR count). The van der Waals surface area contributed by atoms with Crippen molar-refractivity contribution in [1.29, 1.82) is 0 Å². The van der Waals surface area contributed by atoms with E-state index < -0.39 is 0 Å². The number of nitrogens with zero attached hydrogens (tertiary/aromatic N) is 1. The molecule has 0 radical (unpaired) electrons. The highest BCUT2D eigenvalue weighted by Gasteiger charge is 2.06. The van der Waals surface area contributed by atoms with Crippen molar-refractivity contribution in [3.8, 4) is 0 Å². The zero-order chi connectivity index (χ0) is 15.4. The summed E-state index contributed by atoms with van der Waals surface area (Å²) >= 11 is 5.79. The Balaban J connectivity index is 1.97. The average Bonchev–Trinajstić information content (AvgIpc) is 2.48. The van der Waals surface area contributed by atoms with Gasteiger partial charge in [-0.1, -0.05) is 29.8 Å². The molecule has 1 atom stereocenters. The second-order valence-corrected chi connectivity index (χ2v) is 5.74. The minimum absolute atomic E-state index is 0.164. The van der Waals surface area contributed by atoms with Crippen molar-refractivity contribution >= 4 is 17.3 Å². The lowest BCUT2D eigenvalue weighted by Gasteiger charge is -2.17. The van der Waals surface area contributed by atoms with E-state index in [1.54, 1.807) is 12.1 Å². The standard InChI is InChI=1S/C17H20ClFN2/c1-12(14-5-7-15(8-6-14)21(2)3)20-11-13-4-9-17(19)16(18)10-13/h4-10,12,20H,11H2,1-3H3. The van der Waals surface area contributed by atoms with E-state index in [4.69, 9.17) is 11.6 Å². The van der Waals surface area contributed by atoms with E-state index in [2.05, 4.69) is 41.4 Å². The van der Waals surface area contributed by atoms with Crippen LogP contribution in [-0.2, 0) is 6.54 Å². The van der Waals surface area contributed by atoms with Crippen LogP contribution in [0.4, 0.5) is 10.1 Å². The van der Waals surface area contributed by atoms with Crippen molar-refractivity contribution in [2.24, 2.45) is 0 Å². The molecular formula is C17H20ClFN2. The predicted octanol–water partition coefficient (Wildman–Crippen LogP) is 4.40. The molecular weight excluding hydrogens is 287 g/mol. The fourth-order valence-electron chi connectivity index (χ4n) is 2.10. The molecule has 0 saturated carbocycles. The third kappa shape index (κ3) is 4.19. The van der Waals surface area contributed by atoms with Crippen LogP contribution in [0.3, 0.4) is 0 Å². The van der Waals surface area contributed by atoms with Gasteiger partial charge < -0.3 is 10.2 Å². The van der Waals surface area contributed by atoms with Gasteiger partial charge in [0.1, 0.15) is 5.82 Å². The molecule has 0 aliphatic heterocycles. The molecule has 0 spiro atoms. The molecule has 0 heterocycles. The van der Waals surface area contributed by atoms with Crippen LogP contribution >= 0.6 is 11.6 Å². The minimum Gasteiger partial charge on any atom is -0.378 e. The third-order valence-electron chi connectivity index (χ3n) is 3.51. The Morgan fingerprint density at radius 1 is 1.14 bits per heavy atom. The summed E-state index contributed by atoms with van der Waals surface area (Å²) in [4.78, 5) is 2.07. The highest BCUT2D eigenvalue weighted by atomic mass is 35.5. The summed E-state index contributed by atoms with van der Waals surface area (Å²) in [5.41, 5.74) is 3.36. The first-order valence-electron chi connectivity index (χ1n) is 6.92. The maximum Gasteiger partial charge on any atom is 0.141 e. The van der Waals surface area contributed by atoms with Gasteiger partial charge in [-0.2, -0.15) is 0 Å². The first-order chi connectivity index (χ1) is 9.97. The molecule has 21 heavy (non-hydrogen) atoms. The van der Waals surface area contributed by atoms with E-state index in [9.17, 15) is 4.39 Å². The van der Waals surface area contributed by atoms with E-state index >= 15 is 0 Å². The zero-order valence-corrected chi connectivity index (χ0v) is 13.3. The topological polar surface area (TPSA) is 15.3 Å². The number of hydrogen-bond acceptors (Lipinski definition) is 2. The van der Waals surface area contributed by atoms with Crippen molar-refractivity contribution in [3.63, 3.8) is 0 Å². The second kappa shape index (κ2) is 6.92. The molecule has 1 unspecified atom stereocenters. The Kier molecular flexibility index (Phi) is 5.21. The molecule has 0 aliphatic carbocycles. The van der Waals surface area contributed by atoms with Gasteiger partial charge in [0, 0.05) is 32.4 Å². The SMILES string of the molecule is CC(NCc1ccc(F)c(Cl)c1)c1ccc(N(C)C)cc1. The molecule has 4 heteroatoms. The highest BCUT2D eigenvalue weighted by molar-refractivity contribution is 6.30. The summed E-state index contributed by atoms with van der Waals surface area (Å²) in [5, 5.41) is 3.58. The van der Waals surface area contributed by atoms with Gasteiger partial charge in [-0.3, -0.25) is 0 Å². The summed E-state index contributed by atoms with van der Waals surface area (Å²) in [6.45, 7) is 2.76. The summed E-state index contributed by atoms with van der Waals surface area (Å²) in [6.07, 6.45) is 0. The molecule has 2 aromatic rings. The molecule has 0 aliphatic rings. The van der Waals surface area contributed by atoms with Gasteiger partial charge in [0.05, 0.1) is 5.02 Å². The number of nitrogens with one attached hydrogen (secondary N) is 1. The van der Waals surface area contributed by atoms with Gasteiger partial charge in [-0.25, -0.2) is 4.39 Å². The monoisotopic (exact) mass is 306 g/mol. The van der Waals surface area contributed by atoms with Crippen molar-refractivity contribution in [2.45, 2.75) is 19.5 Å². The highest BCUT2D eigenvalue weighted by Crippen LogP contribution is 2.19. The van der Waals surface area contributed by atoms with Crippen LogP contribution in [0.1, 0.15) is 24.1 Å². The Labute approximate surface area is 130 Å². The molecule has 0 aromatic heterocycles. The van der Waals surface area contributed by atoms with Crippen LogP contribution < -0.4 is 10.2 Å². The smallest absolute Gasteiger partial charge is 0.141 e. The maximum atomic E-state index is 13.1. The first-order valence-corrected chi connectivity index (χ1v) is 7.30. The van der Waals surface area contributed by atoms with Crippen molar-refractivity contribution in [3.05, 3.63) is 64.4 Å². The van der Waals surface area contributed by atoms with E-state index in [-0.39, 0.29) is 16.9 Å². The fourth-order valence-corrected chi connectivity index (χ4v) is 2.30. The lowest BCUT2D eigenvalue weighted by atomic mass is 10.1. The van der Waals surface area contributed by atoms with Crippen molar-refractivity contribution in [1.82, 2.24) is 5.32 Å². The van der Waals surface area contributed by atoms with E-state index in [0.717, 1.165) is 5.56 Å². The fraction of sp³-hybridized carbons (Fsp3) is 0.294. The predicted molar refractivity (Wildman–Crippen MR) is 87.4 cm³/mol. The summed E-state index contributed by atoms with van der Waals surface area (Å²) in [7, 11) is 4.05. The molecule has 0 bridgehead atoms. The normalized spacial score (nSPS) is 12.2. The molecule has 0 fully saturated rings. The van der Waals surface area contributed by atoms with Crippen molar-refractivity contribution in [2.75, 3.05) is 19.0 Å². The van der Waals surface area contributed by atoms with Crippen LogP contribution in [0.15, 0.2) is 42.5 Å². The Morgan fingerprint density at radius 3 is 2.38 bits per heavy atom. The average molecular weight is 307 g/mol. The third-order valence-corrected chi connectivity index (χ3v) is 3.80. The lowest BCUT2D eigenvalue weighted by molar-refractivity contribution is 0.573. The molecule has 0 saturated heterocycles. The van der Waals surface area contributed by atoms with Gasteiger partial charge >= 0.3 is 0 Å². The molecule has 0 amide bonds. The maximum absolute atomic E-state index is 13.1. The van der Waals surface area contributed by atoms with Crippen LogP contribution in [0.5, 0.6) is 0 Å². The van der Waals surface area contributed by atoms with E-state index in [0.29, 0.717) is 6.54 Å². The van der Waals surface area contributed by atoms with Crippen molar-refractivity contribution < 1.29 is 4.39 Å². The molecule has 2 aromatic carbocycles. The van der Waals surface area contributed by atoms with Crippen LogP contribution in [0, 0.1) is 5.82 Å². The lowest BCUT2D eigenvalue weighted by Crippen LogP contribution is -2.18. The summed E-state index contributed by atoms with van der Waals surface area (Å²) in [5.74, 6) is -0.382. The van der Waals surface area contributed by atoms with Crippen LogP contribution in [-0.4, -0.2) is 14.1 Å².